The highest BCUT2D eigenvalue weighted by atomic mass is 16.2. The quantitative estimate of drug-likeness (QED) is 0.478. The number of nitrogens with zero attached hydrogens (tertiary/aromatic N) is 2. The van der Waals surface area contributed by atoms with Crippen LogP contribution in [0.4, 0.5) is 0 Å². The van der Waals surface area contributed by atoms with Crippen LogP contribution in [0.15, 0.2) is 24.3 Å². The zero-order chi connectivity index (χ0) is 15.6. The Kier molecular flexibility index (Phi) is 4.29. The van der Waals surface area contributed by atoms with Gasteiger partial charge in [0.05, 0.1) is 5.54 Å². The van der Waals surface area contributed by atoms with E-state index in [1.807, 2.05) is 33.0 Å². The molecule has 21 heavy (non-hydrogen) atoms. The van der Waals surface area contributed by atoms with Crippen LogP contribution in [0.5, 0.6) is 0 Å². The van der Waals surface area contributed by atoms with Crippen LogP contribution in [0, 0.1) is 0 Å². The predicted molar refractivity (Wildman–Crippen MR) is 80.2 cm³/mol. The molecule has 1 heterocycles. The van der Waals surface area contributed by atoms with E-state index in [1.54, 1.807) is 17.0 Å². The number of carbonyl (C=O) groups excluding carboxylic acids is 2. The summed E-state index contributed by atoms with van der Waals surface area (Å²) in [6.07, 6.45) is 0. The van der Waals surface area contributed by atoms with Gasteiger partial charge in [0.25, 0.3) is 5.91 Å². The van der Waals surface area contributed by atoms with Gasteiger partial charge in [0, 0.05) is 32.2 Å². The zero-order valence-electron chi connectivity index (χ0n) is 12.7. The lowest BCUT2D eigenvalue weighted by atomic mass is 9.96. The van der Waals surface area contributed by atoms with E-state index in [0.717, 1.165) is 12.1 Å². The Morgan fingerprint density at radius 2 is 2.10 bits per heavy atom. The first-order valence-electron chi connectivity index (χ1n) is 6.96. The standard InChI is InChI=1S/C15H22N4O2/c1-15(2)14(21)18(3)7-8-19(15)10-11-5-4-6-12(9-11)13(20)17-16/h4-6,9H,7-8,10,16H2,1-3H3,(H,17,20). The summed E-state index contributed by atoms with van der Waals surface area (Å²) in [6, 6.07) is 7.30. The van der Waals surface area contributed by atoms with Gasteiger partial charge in [-0.05, 0) is 31.5 Å². The molecule has 6 nitrogen and oxygen atoms in total. The number of rotatable bonds is 3. The first-order chi connectivity index (χ1) is 9.86. The third-order valence-corrected chi connectivity index (χ3v) is 4.06. The van der Waals surface area contributed by atoms with Crippen LogP contribution in [-0.4, -0.2) is 47.3 Å². The summed E-state index contributed by atoms with van der Waals surface area (Å²) >= 11 is 0. The lowest BCUT2D eigenvalue weighted by Crippen LogP contribution is -2.61. The number of likely N-dealkylation sites (N-methyl/N-ethyl adjacent to an activating group) is 1. The van der Waals surface area contributed by atoms with E-state index < -0.39 is 5.54 Å². The summed E-state index contributed by atoms with van der Waals surface area (Å²) in [6.45, 7) is 6.01. The monoisotopic (exact) mass is 290 g/mol. The normalized spacial score (nSPS) is 18.7. The molecule has 0 aromatic heterocycles. The lowest BCUT2D eigenvalue weighted by molar-refractivity contribution is -0.147. The second kappa shape index (κ2) is 5.83. The number of hydrogen-bond donors (Lipinski definition) is 2. The molecule has 0 saturated carbocycles. The second-order valence-corrected chi connectivity index (χ2v) is 5.88. The highest BCUT2D eigenvalue weighted by molar-refractivity contribution is 5.93. The highest BCUT2D eigenvalue weighted by Gasteiger charge is 2.40. The van der Waals surface area contributed by atoms with Crippen LogP contribution in [0.2, 0.25) is 0 Å². The van der Waals surface area contributed by atoms with E-state index in [4.69, 9.17) is 5.84 Å². The summed E-state index contributed by atoms with van der Waals surface area (Å²) in [7, 11) is 1.83. The topological polar surface area (TPSA) is 78.7 Å². The fourth-order valence-corrected chi connectivity index (χ4v) is 2.65. The first kappa shape index (κ1) is 15.5. The molecule has 0 spiro atoms. The highest BCUT2D eigenvalue weighted by Crippen LogP contribution is 2.24. The van der Waals surface area contributed by atoms with Crippen molar-refractivity contribution < 1.29 is 9.59 Å². The molecule has 0 bridgehead atoms. The molecule has 0 radical (unpaired) electrons. The minimum absolute atomic E-state index is 0.115. The molecule has 1 aliphatic rings. The molecule has 114 valence electrons. The molecule has 1 aromatic rings. The molecular formula is C15H22N4O2. The SMILES string of the molecule is CN1CCN(Cc2cccc(C(=O)NN)c2)C(C)(C)C1=O. The van der Waals surface area contributed by atoms with Crippen LogP contribution in [0.3, 0.4) is 0 Å². The molecule has 1 saturated heterocycles. The molecule has 2 amide bonds. The Morgan fingerprint density at radius 1 is 1.38 bits per heavy atom. The van der Waals surface area contributed by atoms with Crippen molar-refractivity contribution in [2.45, 2.75) is 25.9 Å². The summed E-state index contributed by atoms with van der Waals surface area (Å²) in [5.41, 5.74) is 3.09. The molecule has 1 aromatic carbocycles. The molecule has 2 rings (SSSR count). The van der Waals surface area contributed by atoms with Crippen molar-refractivity contribution in [3.8, 4) is 0 Å². The lowest BCUT2D eigenvalue weighted by Gasteiger charge is -2.44. The van der Waals surface area contributed by atoms with Gasteiger partial charge in [0.1, 0.15) is 0 Å². The number of nitrogens with two attached hydrogens (primary N) is 1. The Labute approximate surface area is 124 Å². The number of carbonyl (C=O) groups is 2. The summed E-state index contributed by atoms with van der Waals surface area (Å²) in [4.78, 5) is 27.7. The molecule has 6 heteroatoms. The molecule has 0 atom stereocenters. The zero-order valence-corrected chi connectivity index (χ0v) is 12.7. The van der Waals surface area contributed by atoms with E-state index in [-0.39, 0.29) is 11.8 Å². The molecule has 1 fully saturated rings. The minimum atomic E-state index is -0.543. The van der Waals surface area contributed by atoms with E-state index in [9.17, 15) is 9.59 Å². The molecule has 0 aliphatic carbocycles. The second-order valence-electron chi connectivity index (χ2n) is 5.88. The van der Waals surface area contributed by atoms with Crippen LogP contribution >= 0.6 is 0 Å². The Balaban J connectivity index is 2.18. The van der Waals surface area contributed by atoms with E-state index >= 15 is 0 Å². The smallest absolute Gasteiger partial charge is 0.265 e. The first-order valence-corrected chi connectivity index (χ1v) is 6.96. The number of nitrogens with one attached hydrogen (secondary N) is 1. The van der Waals surface area contributed by atoms with Gasteiger partial charge >= 0.3 is 0 Å². The summed E-state index contributed by atoms with van der Waals surface area (Å²) in [5, 5.41) is 0. The van der Waals surface area contributed by atoms with Crippen LogP contribution < -0.4 is 11.3 Å². The van der Waals surface area contributed by atoms with Crippen molar-refractivity contribution in [2.24, 2.45) is 5.84 Å². The van der Waals surface area contributed by atoms with Gasteiger partial charge < -0.3 is 4.90 Å². The minimum Gasteiger partial charge on any atom is -0.343 e. The fraction of sp³-hybridized carbons (Fsp3) is 0.467. The number of nitrogen functional groups attached to an aromatic ring is 1. The summed E-state index contributed by atoms with van der Waals surface area (Å²) in [5.74, 6) is 4.96. The van der Waals surface area contributed by atoms with Gasteiger partial charge in [-0.1, -0.05) is 12.1 Å². The molecular weight excluding hydrogens is 268 g/mol. The van der Waals surface area contributed by atoms with Gasteiger partial charge in [-0.15, -0.1) is 0 Å². The largest absolute Gasteiger partial charge is 0.343 e. The van der Waals surface area contributed by atoms with Crippen LogP contribution in [0.25, 0.3) is 0 Å². The van der Waals surface area contributed by atoms with Crippen molar-refractivity contribution in [2.75, 3.05) is 20.1 Å². The Hall–Kier alpha value is -1.92. The van der Waals surface area contributed by atoms with Crippen LogP contribution in [-0.2, 0) is 11.3 Å². The predicted octanol–water partition coefficient (Wildman–Crippen LogP) is 0.343. The van der Waals surface area contributed by atoms with Crippen molar-refractivity contribution in [3.63, 3.8) is 0 Å². The van der Waals surface area contributed by atoms with Crippen molar-refractivity contribution >= 4 is 11.8 Å². The average Bonchev–Trinajstić information content (AvgIpc) is 2.48. The average molecular weight is 290 g/mol. The van der Waals surface area contributed by atoms with Crippen molar-refractivity contribution in [1.82, 2.24) is 15.2 Å². The van der Waals surface area contributed by atoms with Crippen molar-refractivity contribution in [3.05, 3.63) is 35.4 Å². The number of amides is 2. The Bertz CT molecular complexity index is 556. The fourth-order valence-electron chi connectivity index (χ4n) is 2.65. The van der Waals surface area contributed by atoms with E-state index in [1.165, 1.54) is 0 Å². The number of piperazine rings is 1. The maximum absolute atomic E-state index is 12.3. The number of benzene rings is 1. The third kappa shape index (κ3) is 3.06. The molecule has 1 aliphatic heterocycles. The molecule has 3 N–H and O–H groups in total. The van der Waals surface area contributed by atoms with Crippen LogP contribution in [0.1, 0.15) is 29.8 Å². The summed E-state index contributed by atoms with van der Waals surface area (Å²) < 4.78 is 0. The maximum Gasteiger partial charge on any atom is 0.265 e. The van der Waals surface area contributed by atoms with Crippen molar-refractivity contribution in [1.29, 1.82) is 0 Å². The Morgan fingerprint density at radius 3 is 2.76 bits per heavy atom. The van der Waals surface area contributed by atoms with Gasteiger partial charge in [-0.3, -0.25) is 19.9 Å². The van der Waals surface area contributed by atoms with E-state index in [2.05, 4.69) is 10.3 Å². The molecule has 0 unspecified atom stereocenters. The number of hydrogen-bond acceptors (Lipinski definition) is 4. The third-order valence-electron chi connectivity index (χ3n) is 4.06. The van der Waals surface area contributed by atoms with Gasteiger partial charge in [0.15, 0.2) is 0 Å². The maximum atomic E-state index is 12.3. The van der Waals surface area contributed by atoms with Gasteiger partial charge in [-0.2, -0.15) is 0 Å². The van der Waals surface area contributed by atoms with Gasteiger partial charge in [0.2, 0.25) is 5.91 Å². The number of hydrazine groups is 1. The van der Waals surface area contributed by atoms with Gasteiger partial charge in [-0.25, -0.2) is 5.84 Å². The van der Waals surface area contributed by atoms with E-state index in [0.29, 0.717) is 18.7 Å².